The highest BCUT2D eigenvalue weighted by atomic mass is 32.1. The van der Waals surface area contributed by atoms with E-state index in [9.17, 15) is 4.39 Å². The number of thiophene rings is 1. The van der Waals surface area contributed by atoms with Crippen molar-refractivity contribution >= 4 is 21.4 Å². The zero-order valence-corrected chi connectivity index (χ0v) is 12.1. The van der Waals surface area contributed by atoms with Crippen LogP contribution >= 0.6 is 11.3 Å². The molecule has 1 heterocycles. The Balaban J connectivity index is 1.89. The van der Waals surface area contributed by atoms with E-state index in [1.165, 1.54) is 27.8 Å². The number of halogens is 1. The van der Waals surface area contributed by atoms with Gasteiger partial charge in [-0.3, -0.25) is 0 Å². The van der Waals surface area contributed by atoms with Crippen LogP contribution in [-0.4, -0.2) is 7.05 Å². The molecule has 0 spiro atoms. The summed E-state index contributed by atoms with van der Waals surface area (Å²) in [7, 11) is 1.95. The zero-order chi connectivity index (χ0) is 13.9. The first-order valence-corrected chi connectivity index (χ1v) is 7.54. The molecule has 0 saturated heterocycles. The van der Waals surface area contributed by atoms with Gasteiger partial charge in [-0.25, -0.2) is 4.39 Å². The van der Waals surface area contributed by atoms with Crippen LogP contribution in [0.4, 0.5) is 4.39 Å². The summed E-state index contributed by atoms with van der Waals surface area (Å²) in [5.74, 6) is -0.190. The first-order chi connectivity index (χ1) is 9.78. The Labute approximate surface area is 122 Å². The van der Waals surface area contributed by atoms with Crippen LogP contribution in [0.15, 0.2) is 53.9 Å². The Morgan fingerprint density at radius 3 is 2.60 bits per heavy atom. The van der Waals surface area contributed by atoms with Crippen molar-refractivity contribution in [3.63, 3.8) is 0 Å². The number of fused-ring (bicyclic) bond motifs is 1. The van der Waals surface area contributed by atoms with E-state index in [1.54, 1.807) is 11.3 Å². The summed E-state index contributed by atoms with van der Waals surface area (Å²) < 4.78 is 14.3. The average Bonchev–Trinajstić information content (AvgIpc) is 2.89. The van der Waals surface area contributed by atoms with E-state index >= 15 is 0 Å². The third-order valence-electron chi connectivity index (χ3n) is 3.61. The third-order valence-corrected chi connectivity index (χ3v) is 4.62. The van der Waals surface area contributed by atoms with Gasteiger partial charge in [-0.15, -0.1) is 11.3 Å². The highest BCUT2D eigenvalue weighted by molar-refractivity contribution is 7.17. The van der Waals surface area contributed by atoms with Crippen molar-refractivity contribution in [2.75, 3.05) is 7.05 Å². The van der Waals surface area contributed by atoms with Crippen LogP contribution in [-0.2, 0) is 6.42 Å². The predicted octanol–water partition coefficient (Wildman–Crippen LogP) is 4.54. The number of nitrogens with one attached hydrogen (secondary N) is 1. The molecule has 20 heavy (non-hydrogen) atoms. The van der Waals surface area contributed by atoms with Crippen molar-refractivity contribution in [3.05, 3.63) is 70.9 Å². The van der Waals surface area contributed by atoms with Crippen LogP contribution in [0.25, 0.3) is 10.1 Å². The van der Waals surface area contributed by atoms with E-state index in [1.807, 2.05) is 19.2 Å². The van der Waals surface area contributed by atoms with E-state index in [0.29, 0.717) is 0 Å². The molecule has 3 heteroatoms. The normalized spacial score (nSPS) is 12.7. The Morgan fingerprint density at radius 2 is 1.85 bits per heavy atom. The van der Waals surface area contributed by atoms with Gasteiger partial charge in [0, 0.05) is 10.7 Å². The molecule has 3 rings (SSSR count). The lowest BCUT2D eigenvalue weighted by Crippen LogP contribution is -2.18. The van der Waals surface area contributed by atoms with Crippen LogP contribution < -0.4 is 5.32 Å². The maximum Gasteiger partial charge on any atom is 0.123 e. The van der Waals surface area contributed by atoms with Gasteiger partial charge in [-0.2, -0.15) is 0 Å². The van der Waals surface area contributed by atoms with Crippen LogP contribution in [0.1, 0.15) is 17.2 Å². The fourth-order valence-corrected chi connectivity index (χ4v) is 3.47. The molecule has 0 aliphatic carbocycles. The molecule has 1 unspecified atom stereocenters. The Morgan fingerprint density at radius 1 is 1.10 bits per heavy atom. The van der Waals surface area contributed by atoms with Crippen molar-refractivity contribution in [2.45, 2.75) is 12.5 Å². The molecule has 0 aliphatic rings. The third kappa shape index (κ3) is 2.60. The number of rotatable bonds is 4. The Bertz CT molecular complexity index is 702. The molecule has 1 N–H and O–H groups in total. The van der Waals surface area contributed by atoms with E-state index in [-0.39, 0.29) is 11.9 Å². The predicted molar refractivity (Wildman–Crippen MR) is 83.7 cm³/mol. The van der Waals surface area contributed by atoms with Gasteiger partial charge >= 0.3 is 0 Å². The molecule has 0 bridgehead atoms. The number of hydrogen-bond acceptors (Lipinski definition) is 2. The maximum atomic E-state index is 13.0. The lowest BCUT2D eigenvalue weighted by atomic mass is 9.98. The maximum absolute atomic E-state index is 13.0. The molecule has 0 radical (unpaired) electrons. The largest absolute Gasteiger partial charge is 0.313 e. The fraction of sp³-hybridized carbons (Fsp3) is 0.176. The van der Waals surface area contributed by atoms with Crippen molar-refractivity contribution in [1.29, 1.82) is 0 Å². The molecule has 1 aromatic heterocycles. The summed E-state index contributed by atoms with van der Waals surface area (Å²) >= 11 is 1.78. The number of benzene rings is 2. The average molecular weight is 285 g/mol. The number of likely N-dealkylation sites (N-methyl/N-ethyl adjacent to an activating group) is 1. The van der Waals surface area contributed by atoms with Gasteiger partial charge in [0.25, 0.3) is 0 Å². The monoisotopic (exact) mass is 285 g/mol. The molecule has 2 aromatic carbocycles. The highest BCUT2D eigenvalue weighted by Crippen LogP contribution is 2.29. The minimum atomic E-state index is -0.190. The first kappa shape index (κ1) is 13.3. The van der Waals surface area contributed by atoms with Gasteiger partial charge in [-0.1, -0.05) is 30.3 Å². The zero-order valence-electron chi connectivity index (χ0n) is 11.3. The van der Waals surface area contributed by atoms with Gasteiger partial charge in [0.2, 0.25) is 0 Å². The highest BCUT2D eigenvalue weighted by Gasteiger charge is 2.13. The smallest absolute Gasteiger partial charge is 0.123 e. The molecule has 0 fully saturated rings. The van der Waals surface area contributed by atoms with E-state index in [2.05, 4.69) is 35.0 Å². The standard InChI is InChI=1S/C17H16FNS/c1-19-16(12-6-8-14(18)9-7-12)10-13-11-20-17-5-3-2-4-15(13)17/h2-9,11,16,19H,10H2,1H3. The molecule has 1 nitrogen and oxygen atoms in total. The van der Waals surface area contributed by atoms with Crippen molar-refractivity contribution in [3.8, 4) is 0 Å². The van der Waals surface area contributed by atoms with Crippen molar-refractivity contribution in [2.24, 2.45) is 0 Å². The second-order valence-electron chi connectivity index (χ2n) is 4.85. The molecular weight excluding hydrogens is 269 g/mol. The van der Waals surface area contributed by atoms with E-state index < -0.39 is 0 Å². The minimum Gasteiger partial charge on any atom is -0.313 e. The molecule has 102 valence electrons. The van der Waals surface area contributed by atoms with Crippen LogP contribution in [0.3, 0.4) is 0 Å². The van der Waals surface area contributed by atoms with Gasteiger partial charge in [0.05, 0.1) is 0 Å². The molecule has 0 amide bonds. The van der Waals surface area contributed by atoms with Gasteiger partial charge in [0.1, 0.15) is 5.82 Å². The van der Waals surface area contributed by atoms with Crippen LogP contribution in [0.2, 0.25) is 0 Å². The van der Waals surface area contributed by atoms with Gasteiger partial charge < -0.3 is 5.32 Å². The van der Waals surface area contributed by atoms with Crippen LogP contribution in [0, 0.1) is 5.82 Å². The molecule has 1 atom stereocenters. The minimum absolute atomic E-state index is 0.190. The summed E-state index contributed by atoms with van der Waals surface area (Å²) in [5.41, 5.74) is 2.46. The summed E-state index contributed by atoms with van der Waals surface area (Å²) in [5, 5.41) is 6.86. The Kier molecular flexibility index (Phi) is 3.81. The molecule has 3 aromatic rings. The Hall–Kier alpha value is -1.71. The lowest BCUT2D eigenvalue weighted by molar-refractivity contribution is 0.588. The van der Waals surface area contributed by atoms with Crippen molar-refractivity contribution in [1.82, 2.24) is 5.32 Å². The summed E-state index contributed by atoms with van der Waals surface area (Å²) in [6.45, 7) is 0. The van der Waals surface area contributed by atoms with Crippen molar-refractivity contribution < 1.29 is 4.39 Å². The topological polar surface area (TPSA) is 12.0 Å². The lowest BCUT2D eigenvalue weighted by Gasteiger charge is -2.16. The second kappa shape index (κ2) is 5.73. The summed E-state index contributed by atoms with van der Waals surface area (Å²) in [6, 6.07) is 15.4. The van der Waals surface area contributed by atoms with Gasteiger partial charge in [-0.05, 0) is 53.6 Å². The first-order valence-electron chi connectivity index (χ1n) is 6.66. The van der Waals surface area contributed by atoms with Gasteiger partial charge in [0.15, 0.2) is 0 Å². The van der Waals surface area contributed by atoms with E-state index in [4.69, 9.17) is 0 Å². The fourth-order valence-electron chi connectivity index (χ4n) is 2.49. The SMILES string of the molecule is CNC(Cc1csc2ccccc12)c1ccc(F)cc1. The number of hydrogen-bond donors (Lipinski definition) is 1. The van der Waals surface area contributed by atoms with E-state index in [0.717, 1.165) is 12.0 Å². The summed E-state index contributed by atoms with van der Waals surface area (Å²) in [4.78, 5) is 0. The summed E-state index contributed by atoms with van der Waals surface area (Å²) in [6.07, 6.45) is 0.909. The molecular formula is C17H16FNS. The quantitative estimate of drug-likeness (QED) is 0.742. The second-order valence-corrected chi connectivity index (χ2v) is 5.77. The molecule has 0 aliphatic heterocycles. The molecule has 0 saturated carbocycles. The van der Waals surface area contributed by atoms with Crippen LogP contribution in [0.5, 0.6) is 0 Å².